The molecule has 0 radical (unpaired) electrons. The van der Waals surface area contributed by atoms with Crippen LogP contribution in [0.5, 0.6) is 11.5 Å². The number of benzene rings is 2. The SMILES string of the molecule is CCOCCCN1C(=O)C(C#N)=C(C)/C(=C\c2ccc(OCc3ccccc3)c(OCC)c2)C1=O. The first-order valence-corrected chi connectivity index (χ1v) is 11.7. The molecular formula is C28H30N2O5. The Morgan fingerprint density at radius 2 is 1.74 bits per heavy atom. The van der Waals surface area contributed by atoms with E-state index in [2.05, 4.69) is 0 Å². The zero-order valence-corrected chi connectivity index (χ0v) is 20.4. The highest BCUT2D eigenvalue weighted by atomic mass is 16.5. The molecule has 0 N–H and O–H groups in total. The molecule has 1 heterocycles. The van der Waals surface area contributed by atoms with E-state index in [4.69, 9.17) is 14.2 Å². The van der Waals surface area contributed by atoms with E-state index in [-0.39, 0.29) is 12.1 Å². The minimum Gasteiger partial charge on any atom is -0.490 e. The number of carbonyl (C=O) groups excluding carboxylic acids is 2. The average Bonchev–Trinajstić information content (AvgIpc) is 2.87. The van der Waals surface area contributed by atoms with Crippen LogP contribution in [0.1, 0.15) is 38.3 Å². The van der Waals surface area contributed by atoms with Gasteiger partial charge in [0.2, 0.25) is 0 Å². The van der Waals surface area contributed by atoms with E-state index >= 15 is 0 Å². The van der Waals surface area contributed by atoms with Crippen LogP contribution in [0, 0.1) is 11.3 Å². The Morgan fingerprint density at radius 3 is 2.43 bits per heavy atom. The third-order valence-electron chi connectivity index (χ3n) is 5.52. The summed E-state index contributed by atoms with van der Waals surface area (Å²) in [5, 5.41) is 9.58. The smallest absolute Gasteiger partial charge is 0.271 e. The second kappa shape index (κ2) is 12.5. The van der Waals surface area contributed by atoms with Crippen molar-refractivity contribution in [2.75, 3.05) is 26.4 Å². The van der Waals surface area contributed by atoms with Crippen molar-refractivity contribution < 1.29 is 23.8 Å². The Morgan fingerprint density at radius 1 is 0.971 bits per heavy atom. The van der Waals surface area contributed by atoms with Crippen molar-refractivity contribution in [3.8, 4) is 17.6 Å². The first kappa shape index (κ1) is 25.7. The number of hydrogen-bond donors (Lipinski definition) is 0. The van der Waals surface area contributed by atoms with Gasteiger partial charge in [-0.05, 0) is 62.1 Å². The van der Waals surface area contributed by atoms with Gasteiger partial charge in [0.15, 0.2) is 11.5 Å². The molecule has 2 aromatic carbocycles. The number of imide groups is 1. The predicted octanol–water partition coefficient (Wildman–Crippen LogP) is 4.68. The fourth-order valence-electron chi connectivity index (χ4n) is 3.71. The van der Waals surface area contributed by atoms with E-state index in [0.717, 1.165) is 10.5 Å². The number of nitrogens with zero attached hydrogens (tertiary/aromatic N) is 2. The number of nitriles is 1. The summed E-state index contributed by atoms with van der Waals surface area (Å²) in [4.78, 5) is 27.1. The molecule has 0 saturated heterocycles. The molecule has 2 amide bonds. The largest absolute Gasteiger partial charge is 0.490 e. The van der Waals surface area contributed by atoms with Crippen LogP contribution in [-0.2, 0) is 20.9 Å². The maximum atomic E-state index is 13.2. The van der Waals surface area contributed by atoms with Gasteiger partial charge < -0.3 is 14.2 Å². The summed E-state index contributed by atoms with van der Waals surface area (Å²) >= 11 is 0. The summed E-state index contributed by atoms with van der Waals surface area (Å²) in [6.07, 6.45) is 2.18. The monoisotopic (exact) mass is 474 g/mol. The standard InChI is InChI=1S/C28H30N2O5/c1-4-33-15-9-14-30-27(31)23(20(3)24(18-29)28(30)32)16-22-12-13-25(26(17-22)34-5-2)35-19-21-10-7-6-8-11-21/h6-8,10-13,16-17H,4-5,9,14-15,19H2,1-3H3/b23-16+. The van der Waals surface area contributed by atoms with Crippen LogP contribution in [0.25, 0.3) is 6.08 Å². The van der Waals surface area contributed by atoms with Gasteiger partial charge in [0.1, 0.15) is 18.2 Å². The summed E-state index contributed by atoms with van der Waals surface area (Å²) < 4.78 is 17.1. The quantitative estimate of drug-likeness (QED) is 0.267. The van der Waals surface area contributed by atoms with Crippen LogP contribution in [0.2, 0.25) is 0 Å². The van der Waals surface area contributed by atoms with Crippen molar-refractivity contribution in [2.45, 2.75) is 33.8 Å². The summed E-state index contributed by atoms with van der Waals surface area (Å²) in [6.45, 7) is 7.40. The molecule has 35 heavy (non-hydrogen) atoms. The Hall–Kier alpha value is -3.89. The Labute approximate surface area is 206 Å². The highest BCUT2D eigenvalue weighted by Gasteiger charge is 2.35. The minimum absolute atomic E-state index is 0.0277. The summed E-state index contributed by atoms with van der Waals surface area (Å²) in [5.41, 5.74) is 2.38. The maximum absolute atomic E-state index is 13.2. The van der Waals surface area contributed by atoms with E-state index in [1.165, 1.54) is 0 Å². The molecule has 0 saturated carbocycles. The van der Waals surface area contributed by atoms with Gasteiger partial charge >= 0.3 is 0 Å². The maximum Gasteiger partial charge on any atom is 0.271 e. The lowest BCUT2D eigenvalue weighted by Gasteiger charge is -2.27. The van der Waals surface area contributed by atoms with Crippen LogP contribution < -0.4 is 9.47 Å². The number of ether oxygens (including phenoxy) is 3. The molecule has 0 atom stereocenters. The van der Waals surface area contributed by atoms with Gasteiger partial charge in [0.05, 0.1) is 6.61 Å². The van der Waals surface area contributed by atoms with Crippen molar-refractivity contribution in [3.63, 3.8) is 0 Å². The summed E-state index contributed by atoms with van der Waals surface area (Å²) in [6, 6.07) is 17.2. The first-order chi connectivity index (χ1) is 17.0. The molecule has 2 aromatic rings. The molecule has 3 rings (SSSR count). The second-order valence-electron chi connectivity index (χ2n) is 7.90. The minimum atomic E-state index is -0.566. The van der Waals surface area contributed by atoms with E-state index in [0.29, 0.717) is 61.1 Å². The van der Waals surface area contributed by atoms with E-state index in [1.807, 2.05) is 56.3 Å². The van der Waals surface area contributed by atoms with E-state index in [1.54, 1.807) is 25.1 Å². The molecule has 182 valence electrons. The molecule has 0 bridgehead atoms. The normalized spacial score (nSPS) is 14.9. The average molecular weight is 475 g/mol. The van der Waals surface area contributed by atoms with Gasteiger partial charge in [-0.1, -0.05) is 36.4 Å². The third kappa shape index (κ3) is 6.37. The molecule has 0 unspecified atom stereocenters. The molecule has 0 spiro atoms. The first-order valence-electron chi connectivity index (χ1n) is 11.7. The lowest BCUT2D eigenvalue weighted by Crippen LogP contribution is -2.43. The number of hydrogen-bond acceptors (Lipinski definition) is 6. The van der Waals surface area contributed by atoms with Crippen molar-refractivity contribution in [1.29, 1.82) is 5.26 Å². The summed E-state index contributed by atoms with van der Waals surface area (Å²) in [7, 11) is 0. The number of carbonyl (C=O) groups is 2. The second-order valence-corrected chi connectivity index (χ2v) is 7.90. The van der Waals surface area contributed by atoms with Gasteiger partial charge in [-0.2, -0.15) is 5.26 Å². The topological polar surface area (TPSA) is 88.9 Å². The Kier molecular flexibility index (Phi) is 9.22. The van der Waals surface area contributed by atoms with Crippen molar-refractivity contribution in [2.24, 2.45) is 0 Å². The highest BCUT2D eigenvalue weighted by molar-refractivity contribution is 6.19. The molecule has 0 fully saturated rings. The lowest BCUT2D eigenvalue weighted by atomic mass is 9.93. The zero-order valence-electron chi connectivity index (χ0n) is 20.4. The van der Waals surface area contributed by atoms with Crippen LogP contribution in [-0.4, -0.2) is 43.1 Å². The fraction of sp³-hybridized carbons (Fsp3) is 0.321. The molecule has 1 aliphatic rings. The Bertz CT molecular complexity index is 1160. The van der Waals surface area contributed by atoms with Gasteiger partial charge in [0, 0.05) is 25.3 Å². The van der Waals surface area contributed by atoms with Gasteiger partial charge in [0.25, 0.3) is 11.8 Å². The van der Waals surface area contributed by atoms with Gasteiger partial charge in [-0.15, -0.1) is 0 Å². The van der Waals surface area contributed by atoms with E-state index in [9.17, 15) is 14.9 Å². The molecule has 0 aromatic heterocycles. The third-order valence-corrected chi connectivity index (χ3v) is 5.52. The predicted molar refractivity (Wildman–Crippen MR) is 133 cm³/mol. The van der Waals surface area contributed by atoms with Crippen LogP contribution in [0.4, 0.5) is 0 Å². The van der Waals surface area contributed by atoms with Gasteiger partial charge in [-0.25, -0.2) is 0 Å². The molecule has 0 aliphatic carbocycles. The number of amides is 2. The van der Waals surface area contributed by atoms with Crippen LogP contribution in [0.15, 0.2) is 65.3 Å². The molecular weight excluding hydrogens is 444 g/mol. The van der Waals surface area contributed by atoms with Crippen molar-refractivity contribution >= 4 is 17.9 Å². The molecule has 7 heteroatoms. The summed E-state index contributed by atoms with van der Waals surface area (Å²) in [5.74, 6) is 0.145. The zero-order chi connectivity index (χ0) is 25.2. The van der Waals surface area contributed by atoms with Crippen LogP contribution >= 0.6 is 0 Å². The fourth-order valence-corrected chi connectivity index (χ4v) is 3.71. The Balaban J connectivity index is 1.89. The molecule has 7 nitrogen and oxygen atoms in total. The lowest BCUT2D eigenvalue weighted by molar-refractivity contribution is -0.140. The highest BCUT2D eigenvalue weighted by Crippen LogP contribution is 2.32. The van der Waals surface area contributed by atoms with Crippen LogP contribution in [0.3, 0.4) is 0 Å². The van der Waals surface area contributed by atoms with Gasteiger partial charge in [-0.3, -0.25) is 14.5 Å². The van der Waals surface area contributed by atoms with E-state index < -0.39 is 11.8 Å². The van der Waals surface area contributed by atoms with Crippen molar-refractivity contribution in [3.05, 3.63) is 76.4 Å². The van der Waals surface area contributed by atoms with Crippen molar-refractivity contribution in [1.82, 2.24) is 4.90 Å². The number of rotatable bonds is 11. The molecule has 1 aliphatic heterocycles.